The van der Waals surface area contributed by atoms with Gasteiger partial charge in [-0.2, -0.15) is 0 Å². The van der Waals surface area contributed by atoms with Gasteiger partial charge in [0, 0.05) is 25.0 Å². The van der Waals surface area contributed by atoms with Gasteiger partial charge in [-0.1, -0.05) is 15.9 Å². The molecule has 3 nitrogen and oxygen atoms in total. The molecule has 14 heavy (non-hydrogen) atoms. The van der Waals surface area contributed by atoms with Gasteiger partial charge in [0.1, 0.15) is 6.61 Å². The predicted molar refractivity (Wildman–Crippen MR) is 59.6 cm³/mol. The van der Waals surface area contributed by atoms with Gasteiger partial charge in [-0.05, 0) is 25.7 Å². The molecule has 0 aromatic rings. The molecule has 82 valence electrons. The van der Waals surface area contributed by atoms with E-state index >= 15 is 0 Å². The number of likely N-dealkylation sites (tertiary alicyclic amines) is 1. The minimum Gasteiger partial charge on any atom is -0.372 e. The van der Waals surface area contributed by atoms with Crippen LogP contribution in [-0.2, 0) is 9.53 Å². The van der Waals surface area contributed by atoms with E-state index in [-0.39, 0.29) is 12.5 Å². The Hall–Kier alpha value is -0.0900. The Morgan fingerprint density at radius 2 is 2.14 bits per heavy atom. The van der Waals surface area contributed by atoms with E-state index in [0.717, 1.165) is 37.2 Å². The zero-order valence-corrected chi connectivity index (χ0v) is 10.3. The number of ether oxygens (including phenoxy) is 1. The summed E-state index contributed by atoms with van der Waals surface area (Å²) in [5.41, 5.74) is 0. The van der Waals surface area contributed by atoms with Crippen molar-refractivity contribution in [3.05, 3.63) is 0 Å². The van der Waals surface area contributed by atoms with Crippen LogP contribution >= 0.6 is 15.9 Å². The van der Waals surface area contributed by atoms with Gasteiger partial charge < -0.3 is 9.64 Å². The molecule has 0 saturated carbocycles. The third-order valence-electron chi connectivity index (χ3n) is 2.62. The van der Waals surface area contributed by atoms with Crippen molar-refractivity contribution in [1.82, 2.24) is 4.90 Å². The first-order valence-corrected chi connectivity index (χ1v) is 6.31. The van der Waals surface area contributed by atoms with E-state index in [9.17, 15) is 4.79 Å². The topological polar surface area (TPSA) is 29.5 Å². The zero-order chi connectivity index (χ0) is 10.4. The predicted octanol–water partition coefficient (Wildman–Crippen LogP) is 1.66. The summed E-state index contributed by atoms with van der Waals surface area (Å²) >= 11 is 3.48. The molecule has 1 amide bonds. The Morgan fingerprint density at radius 1 is 1.50 bits per heavy atom. The molecular formula is C10H18BrNO2. The van der Waals surface area contributed by atoms with Gasteiger partial charge in [0.25, 0.3) is 0 Å². The lowest BCUT2D eigenvalue weighted by molar-refractivity contribution is -0.137. The molecule has 0 aromatic carbocycles. The zero-order valence-electron chi connectivity index (χ0n) is 8.67. The van der Waals surface area contributed by atoms with Crippen molar-refractivity contribution in [1.29, 1.82) is 0 Å². The summed E-state index contributed by atoms with van der Waals surface area (Å²) in [5, 5.41) is 1.06. The number of carbonyl (C=O) groups is 1. The van der Waals surface area contributed by atoms with Crippen LogP contribution in [-0.4, -0.2) is 42.4 Å². The highest BCUT2D eigenvalue weighted by Crippen LogP contribution is 2.18. The van der Waals surface area contributed by atoms with Crippen LogP contribution < -0.4 is 0 Å². The summed E-state index contributed by atoms with van der Waals surface area (Å²) in [6, 6.07) is 0. The van der Waals surface area contributed by atoms with Crippen molar-refractivity contribution in [2.24, 2.45) is 5.92 Å². The molecule has 0 aliphatic carbocycles. The Bertz CT molecular complexity index is 179. The van der Waals surface area contributed by atoms with Gasteiger partial charge in [0.15, 0.2) is 0 Å². The molecule has 1 saturated heterocycles. The van der Waals surface area contributed by atoms with Gasteiger partial charge in [0.2, 0.25) is 5.91 Å². The van der Waals surface area contributed by atoms with Crippen molar-refractivity contribution in [2.75, 3.05) is 31.6 Å². The first kappa shape index (κ1) is 12.0. The second-order valence-corrected chi connectivity index (χ2v) is 4.26. The van der Waals surface area contributed by atoms with Gasteiger partial charge >= 0.3 is 0 Å². The minimum absolute atomic E-state index is 0.139. The van der Waals surface area contributed by atoms with Crippen LogP contribution in [0.4, 0.5) is 0 Å². The monoisotopic (exact) mass is 263 g/mol. The van der Waals surface area contributed by atoms with Crippen LogP contribution in [0.15, 0.2) is 0 Å². The number of piperidine rings is 1. The second-order valence-electron chi connectivity index (χ2n) is 3.62. The number of halogens is 1. The molecule has 0 unspecified atom stereocenters. The van der Waals surface area contributed by atoms with Crippen LogP contribution in [0, 0.1) is 5.92 Å². The molecule has 1 rings (SSSR count). The third kappa shape index (κ3) is 3.58. The van der Waals surface area contributed by atoms with Crippen molar-refractivity contribution in [2.45, 2.75) is 19.8 Å². The molecule has 1 heterocycles. The van der Waals surface area contributed by atoms with Gasteiger partial charge in [-0.15, -0.1) is 0 Å². The second kappa shape index (κ2) is 6.40. The fraction of sp³-hybridized carbons (Fsp3) is 0.900. The fourth-order valence-corrected chi connectivity index (χ4v) is 2.26. The molecule has 1 fully saturated rings. The summed E-state index contributed by atoms with van der Waals surface area (Å²) in [7, 11) is 0. The number of hydrogen-bond acceptors (Lipinski definition) is 2. The largest absolute Gasteiger partial charge is 0.372 e. The molecule has 0 aromatic heterocycles. The van der Waals surface area contributed by atoms with Crippen molar-refractivity contribution in [3.63, 3.8) is 0 Å². The maximum absolute atomic E-state index is 11.5. The lowest BCUT2D eigenvalue weighted by Gasteiger charge is -2.31. The lowest BCUT2D eigenvalue weighted by Crippen LogP contribution is -2.40. The first-order valence-electron chi connectivity index (χ1n) is 5.19. The quantitative estimate of drug-likeness (QED) is 0.723. The SMILES string of the molecule is CCOCC(=O)N1CCC(CBr)CC1. The Morgan fingerprint density at radius 3 is 2.64 bits per heavy atom. The summed E-state index contributed by atoms with van der Waals surface area (Å²) < 4.78 is 5.10. The van der Waals surface area contributed by atoms with Crippen LogP contribution in [0.5, 0.6) is 0 Å². The summed E-state index contributed by atoms with van der Waals surface area (Å²) in [6.07, 6.45) is 2.23. The smallest absolute Gasteiger partial charge is 0.248 e. The Labute approximate surface area is 93.9 Å². The van der Waals surface area contributed by atoms with Crippen molar-refractivity contribution >= 4 is 21.8 Å². The number of rotatable bonds is 4. The lowest BCUT2D eigenvalue weighted by atomic mass is 9.99. The van der Waals surface area contributed by atoms with E-state index in [2.05, 4.69) is 15.9 Å². The normalized spacial score (nSPS) is 18.6. The number of nitrogens with zero attached hydrogens (tertiary/aromatic N) is 1. The number of alkyl halides is 1. The van der Waals surface area contributed by atoms with Crippen LogP contribution in [0.3, 0.4) is 0 Å². The van der Waals surface area contributed by atoms with E-state index in [1.807, 2.05) is 11.8 Å². The van der Waals surface area contributed by atoms with Gasteiger partial charge in [-0.25, -0.2) is 0 Å². The van der Waals surface area contributed by atoms with E-state index in [4.69, 9.17) is 4.74 Å². The molecule has 1 aliphatic heterocycles. The average Bonchev–Trinajstić information content (AvgIpc) is 2.26. The maximum atomic E-state index is 11.5. The summed E-state index contributed by atoms with van der Waals surface area (Å²) in [6.45, 7) is 4.55. The highest BCUT2D eigenvalue weighted by molar-refractivity contribution is 9.09. The Balaban J connectivity index is 2.23. The molecule has 0 spiro atoms. The molecule has 1 aliphatic rings. The van der Waals surface area contributed by atoms with E-state index in [1.165, 1.54) is 0 Å². The highest BCUT2D eigenvalue weighted by Gasteiger charge is 2.21. The van der Waals surface area contributed by atoms with Crippen molar-refractivity contribution in [3.8, 4) is 0 Å². The molecule has 0 bridgehead atoms. The molecule has 0 N–H and O–H groups in total. The Kier molecular flexibility index (Phi) is 5.48. The van der Waals surface area contributed by atoms with Crippen LogP contribution in [0.2, 0.25) is 0 Å². The molecular weight excluding hydrogens is 246 g/mol. The summed E-state index contributed by atoms with van der Waals surface area (Å²) in [5.74, 6) is 0.881. The van der Waals surface area contributed by atoms with Gasteiger partial charge in [0.05, 0.1) is 0 Å². The minimum atomic E-state index is 0.139. The number of carbonyl (C=O) groups excluding carboxylic acids is 1. The van der Waals surface area contributed by atoms with Gasteiger partial charge in [-0.3, -0.25) is 4.79 Å². The van der Waals surface area contributed by atoms with Crippen LogP contribution in [0.1, 0.15) is 19.8 Å². The van der Waals surface area contributed by atoms with E-state index in [1.54, 1.807) is 0 Å². The number of amides is 1. The first-order chi connectivity index (χ1) is 6.77. The highest BCUT2D eigenvalue weighted by atomic mass is 79.9. The molecule has 0 atom stereocenters. The molecule has 0 radical (unpaired) electrons. The fourth-order valence-electron chi connectivity index (χ4n) is 1.62. The molecule has 4 heteroatoms. The third-order valence-corrected chi connectivity index (χ3v) is 3.53. The standard InChI is InChI=1S/C10H18BrNO2/c1-2-14-8-10(13)12-5-3-9(7-11)4-6-12/h9H,2-8H2,1H3. The van der Waals surface area contributed by atoms with Crippen LogP contribution in [0.25, 0.3) is 0 Å². The van der Waals surface area contributed by atoms with Crippen molar-refractivity contribution < 1.29 is 9.53 Å². The van der Waals surface area contributed by atoms with E-state index in [0.29, 0.717) is 6.61 Å². The number of hydrogen-bond donors (Lipinski definition) is 0. The average molecular weight is 264 g/mol. The summed E-state index contributed by atoms with van der Waals surface area (Å²) in [4.78, 5) is 13.5. The van der Waals surface area contributed by atoms with E-state index < -0.39 is 0 Å². The maximum Gasteiger partial charge on any atom is 0.248 e.